The summed E-state index contributed by atoms with van der Waals surface area (Å²) in [7, 11) is 0. The predicted octanol–water partition coefficient (Wildman–Crippen LogP) is 3.79. The van der Waals surface area contributed by atoms with Crippen molar-refractivity contribution in [3.8, 4) is 11.5 Å². The van der Waals surface area contributed by atoms with E-state index < -0.39 is 0 Å². The summed E-state index contributed by atoms with van der Waals surface area (Å²) < 4.78 is 10.9. The molecular formula is C22H26N2O4. The lowest BCUT2D eigenvalue weighted by molar-refractivity contribution is -0.119. The van der Waals surface area contributed by atoms with Crippen LogP contribution in [-0.4, -0.2) is 31.6 Å². The molecule has 28 heavy (non-hydrogen) atoms. The lowest BCUT2D eigenvalue weighted by Crippen LogP contribution is -2.35. The van der Waals surface area contributed by atoms with Gasteiger partial charge in [0.05, 0.1) is 6.61 Å². The van der Waals surface area contributed by atoms with Gasteiger partial charge in [0, 0.05) is 24.3 Å². The van der Waals surface area contributed by atoms with Crippen molar-refractivity contribution in [1.29, 1.82) is 0 Å². The summed E-state index contributed by atoms with van der Waals surface area (Å²) in [5, 5.41) is 2.86. The molecule has 0 fully saturated rings. The molecule has 1 N–H and O–H groups in total. The summed E-state index contributed by atoms with van der Waals surface area (Å²) in [6.07, 6.45) is 2.11. The van der Waals surface area contributed by atoms with E-state index in [-0.39, 0.29) is 18.4 Å². The van der Waals surface area contributed by atoms with E-state index in [1.165, 1.54) is 0 Å². The lowest BCUT2D eigenvalue weighted by atomic mass is 10.00. The first-order valence-electron chi connectivity index (χ1n) is 9.69. The molecule has 1 aliphatic heterocycles. The number of rotatable bonds is 8. The molecule has 0 unspecified atom stereocenters. The van der Waals surface area contributed by atoms with Crippen LogP contribution in [0, 0.1) is 0 Å². The number of hydrogen-bond acceptors (Lipinski definition) is 4. The standard InChI is InChI=1S/C22H26N2O4/c1-3-13-24-20-11-6-17(14-16(20)5-12-22(24)26)23-21(25)15-28-19-9-7-18(8-10-19)27-4-2/h6-11,14H,3-5,12-13,15H2,1-2H3,(H,23,25). The second-order valence-corrected chi connectivity index (χ2v) is 6.63. The third kappa shape index (κ3) is 4.82. The number of hydrogen-bond donors (Lipinski definition) is 1. The van der Waals surface area contributed by atoms with Crippen LogP contribution in [0.25, 0.3) is 0 Å². The molecule has 6 heteroatoms. The molecule has 0 spiro atoms. The number of carbonyl (C=O) groups excluding carboxylic acids is 2. The van der Waals surface area contributed by atoms with E-state index in [9.17, 15) is 9.59 Å². The monoisotopic (exact) mass is 382 g/mol. The van der Waals surface area contributed by atoms with Crippen LogP contribution in [0.4, 0.5) is 11.4 Å². The van der Waals surface area contributed by atoms with Crippen LogP contribution in [0.1, 0.15) is 32.3 Å². The molecule has 0 saturated carbocycles. The molecule has 3 rings (SSSR count). The third-order valence-corrected chi connectivity index (χ3v) is 4.52. The van der Waals surface area contributed by atoms with E-state index in [0.717, 1.165) is 23.4 Å². The van der Waals surface area contributed by atoms with Crippen LogP contribution in [0.15, 0.2) is 42.5 Å². The summed E-state index contributed by atoms with van der Waals surface area (Å²) in [5.74, 6) is 1.31. The van der Waals surface area contributed by atoms with Gasteiger partial charge in [-0.3, -0.25) is 9.59 Å². The van der Waals surface area contributed by atoms with Gasteiger partial charge in [-0.25, -0.2) is 0 Å². The maximum Gasteiger partial charge on any atom is 0.262 e. The molecule has 0 radical (unpaired) electrons. The maximum absolute atomic E-state index is 12.2. The Morgan fingerprint density at radius 2 is 1.75 bits per heavy atom. The lowest BCUT2D eigenvalue weighted by Gasteiger charge is -2.29. The SMILES string of the molecule is CCCN1C(=O)CCc2cc(NC(=O)COc3ccc(OCC)cc3)ccc21. The fraction of sp³-hybridized carbons (Fsp3) is 0.364. The molecule has 2 aromatic rings. The third-order valence-electron chi connectivity index (χ3n) is 4.52. The largest absolute Gasteiger partial charge is 0.494 e. The Balaban J connectivity index is 1.58. The van der Waals surface area contributed by atoms with E-state index in [1.807, 2.05) is 42.2 Å². The minimum Gasteiger partial charge on any atom is -0.494 e. The maximum atomic E-state index is 12.2. The van der Waals surface area contributed by atoms with Gasteiger partial charge in [0.1, 0.15) is 11.5 Å². The normalized spacial score (nSPS) is 13.1. The van der Waals surface area contributed by atoms with Crippen molar-refractivity contribution in [1.82, 2.24) is 0 Å². The number of fused-ring (bicyclic) bond motifs is 1. The number of anilines is 2. The van der Waals surface area contributed by atoms with Gasteiger partial charge in [-0.2, -0.15) is 0 Å². The first-order chi connectivity index (χ1) is 13.6. The topological polar surface area (TPSA) is 67.9 Å². The van der Waals surface area contributed by atoms with Crippen molar-refractivity contribution < 1.29 is 19.1 Å². The number of nitrogens with zero attached hydrogens (tertiary/aromatic N) is 1. The van der Waals surface area contributed by atoms with Gasteiger partial charge in [0.2, 0.25) is 5.91 Å². The van der Waals surface area contributed by atoms with Crippen molar-refractivity contribution in [3.05, 3.63) is 48.0 Å². The van der Waals surface area contributed by atoms with E-state index >= 15 is 0 Å². The minimum atomic E-state index is -0.230. The Morgan fingerprint density at radius 1 is 1.04 bits per heavy atom. The van der Waals surface area contributed by atoms with Gasteiger partial charge in [-0.15, -0.1) is 0 Å². The summed E-state index contributed by atoms with van der Waals surface area (Å²) in [6, 6.07) is 12.8. The summed E-state index contributed by atoms with van der Waals surface area (Å²) >= 11 is 0. The van der Waals surface area contributed by atoms with Crippen LogP contribution in [0.5, 0.6) is 11.5 Å². The predicted molar refractivity (Wildman–Crippen MR) is 109 cm³/mol. The van der Waals surface area contributed by atoms with Crippen molar-refractivity contribution in [2.24, 2.45) is 0 Å². The Morgan fingerprint density at radius 3 is 2.43 bits per heavy atom. The number of nitrogens with one attached hydrogen (secondary N) is 1. The van der Waals surface area contributed by atoms with E-state index in [0.29, 0.717) is 37.4 Å². The zero-order chi connectivity index (χ0) is 19.9. The molecule has 2 aromatic carbocycles. The minimum absolute atomic E-state index is 0.0779. The highest BCUT2D eigenvalue weighted by Crippen LogP contribution is 2.30. The first-order valence-corrected chi connectivity index (χ1v) is 9.69. The van der Waals surface area contributed by atoms with Crippen LogP contribution in [0.2, 0.25) is 0 Å². The van der Waals surface area contributed by atoms with Crippen molar-refractivity contribution in [2.75, 3.05) is 30.0 Å². The summed E-state index contributed by atoms with van der Waals surface area (Å²) in [6.45, 7) is 5.22. The van der Waals surface area contributed by atoms with Crippen LogP contribution in [-0.2, 0) is 16.0 Å². The van der Waals surface area contributed by atoms with Crippen LogP contribution in [0.3, 0.4) is 0 Å². The second kappa shape index (κ2) is 9.26. The van der Waals surface area contributed by atoms with Crippen molar-refractivity contribution in [3.63, 3.8) is 0 Å². The molecule has 0 saturated heterocycles. The summed E-state index contributed by atoms with van der Waals surface area (Å²) in [4.78, 5) is 26.2. The highest BCUT2D eigenvalue weighted by molar-refractivity contribution is 5.97. The molecular weight excluding hydrogens is 356 g/mol. The molecule has 0 atom stereocenters. The zero-order valence-corrected chi connectivity index (χ0v) is 16.4. The molecule has 6 nitrogen and oxygen atoms in total. The zero-order valence-electron chi connectivity index (χ0n) is 16.4. The van der Waals surface area contributed by atoms with Gasteiger partial charge >= 0.3 is 0 Å². The highest BCUT2D eigenvalue weighted by atomic mass is 16.5. The Kier molecular flexibility index (Phi) is 6.53. The highest BCUT2D eigenvalue weighted by Gasteiger charge is 2.23. The molecule has 1 heterocycles. The van der Waals surface area contributed by atoms with Gasteiger partial charge in [0.25, 0.3) is 5.91 Å². The molecule has 0 aliphatic carbocycles. The van der Waals surface area contributed by atoms with E-state index in [4.69, 9.17) is 9.47 Å². The Labute approximate surface area is 165 Å². The van der Waals surface area contributed by atoms with Crippen molar-refractivity contribution >= 4 is 23.2 Å². The second-order valence-electron chi connectivity index (χ2n) is 6.63. The molecule has 148 valence electrons. The van der Waals surface area contributed by atoms with Gasteiger partial charge in [-0.05, 0) is 67.8 Å². The fourth-order valence-electron chi connectivity index (χ4n) is 3.25. The first kappa shape index (κ1) is 19.7. The number of amides is 2. The van der Waals surface area contributed by atoms with E-state index in [1.54, 1.807) is 12.1 Å². The average molecular weight is 382 g/mol. The Bertz CT molecular complexity index is 833. The quantitative estimate of drug-likeness (QED) is 0.754. The number of carbonyl (C=O) groups is 2. The molecule has 0 aromatic heterocycles. The van der Waals surface area contributed by atoms with Gasteiger partial charge < -0.3 is 19.7 Å². The average Bonchev–Trinajstić information content (AvgIpc) is 2.70. The Hall–Kier alpha value is -3.02. The van der Waals surface area contributed by atoms with Crippen molar-refractivity contribution in [2.45, 2.75) is 33.1 Å². The van der Waals surface area contributed by atoms with Gasteiger partial charge in [-0.1, -0.05) is 6.92 Å². The molecule has 1 aliphatic rings. The summed E-state index contributed by atoms with van der Waals surface area (Å²) in [5.41, 5.74) is 2.74. The number of benzene rings is 2. The molecule has 2 amide bonds. The van der Waals surface area contributed by atoms with Crippen LogP contribution < -0.4 is 19.7 Å². The fourth-order valence-corrected chi connectivity index (χ4v) is 3.25. The smallest absolute Gasteiger partial charge is 0.262 e. The van der Waals surface area contributed by atoms with Crippen LogP contribution >= 0.6 is 0 Å². The van der Waals surface area contributed by atoms with Gasteiger partial charge in [0.15, 0.2) is 6.61 Å². The number of ether oxygens (including phenoxy) is 2. The van der Waals surface area contributed by atoms with E-state index in [2.05, 4.69) is 12.2 Å². The number of aryl methyl sites for hydroxylation is 1. The molecule has 0 bridgehead atoms.